The Balaban J connectivity index is 2.18. The van der Waals surface area contributed by atoms with Gasteiger partial charge in [0.15, 0.2) is 5.78 Å². The predicted octanol–water partition coefficient (Wildman–Crippen LogP) is 2.19. The van der Waals surface area contributed by atoms with E-state index in [9.17, 15) is 17.6 Å². The molecule has 2 unspecified atom stereocenters. The molecule has 1 saturated carbocycles. The lowest BCUT2D eigenvalue weighted by Gasteiger charge is -2.27. The minimum absolute atomic E-state index is 0.000735. The van der Waals surface area contributed by atoms with Crippen LogP contribution in [0.15, 0.2) is 18.2 Å². The van der Waals surface area contributed by atoms with Gasteiger partial charge in [0.05, 0.1) is 10.9 Å². The van der Waals surface area contributed by atoms with Gasteiger partial charge in [-0.3, -0.25) is 4.79 Å². The summed E-state index contributed by atoms with van der Waals surface area (Å²) in [5.74, 6) is -1.17. The number of carbonyl (C=O) groups is 1. The van der Waals surface area contributed by atoms with Crippen LogP contribution in [0.4, 0.5) is 10.1 Å². The van der Waals surface area contributed by atoms with Crippen LogP contribution in [0, 0.1) is 11.7 Å². The molecule has 0 heterocycles. The van der Waals surface area contributed by atoms with Gasteiger partial charge < -0.3 is 5.73 Å². The Bertz CT molecular complexity index is 627. The summed E-state index contributed by atoms with van der Waals surface area (Å²) in [6.07, 6.45) is 3.47. The monoisotopic (exact) mass is 299 g/mol. The highest BCUT2D eigenvalue weighted by Crippen LogP contribution is 2.31. The molecule has 0 amide bonds. The molecule has 1 aromatic rings. The van der Waals surface area contributed by atoms with E-state index < -0.39 is 20.9 Å². The summed E-state index contributed by atoms with van der Waals surface area (Å²) in [6, 6.07) is 3.98. The van der Waals surface area contributed by atoms with Crippen LogP contribution in [0.5, 0.6) is 0 Å². The second-order valence-corrected chi connectivity index (χ2v) is 7.74. The number of nitrogen functional groups attached to an aromatic ring is 1. The molecule has 0 spiro atoms. The fraction of sp³-hybridized carbons (Fsp3) is 0.500. The van der Waals surface area contributed by atoms with Crippen LogP contribution in [-0.2, 0) is 9.84 Å². The number of sulfone groups is 1. The molecule has 0 bridgehead atoms. The zero-order valence-electron chi connectivity index (χ0n) is 11.3. The van der Waals surface area contributed by atoms with Crippen LogP contribution in [0.2, 0.25) is 0 Å². The van der Waals surface area contributed by atoms with E-state index in [2.05, 4.69) is 0 Å². The van der Waals surface area contributed by atoms with Gasteiger partial charge in [-0.05, 0) is 37.5 Å². The smallest absolute Gasteiger partial charge is 0.166 e. The fourth-order valence-corrected chi connectivity index (χ4v) is 3.86. The summed E-state index contributed by atoms with van der Waals surface area (Å²) in [6.45, 7) is 0. The Hall–Kier alpha value is -1.43. The maximum Gasteiger partial charge on any atom is 0.166 e. The maximum absolute atomic E-state index is 13.4. The van der Waals surface area contributed by atoms with Gasteiger partial charge in [0.2, 0.25) is 0 Å². The minimum Gasteiger partial charge on any atom is -0.396 e. The van der Waals surface area contributed by atoms with Crippen LogP contribution in [-0.4, -0.2) is 25.7 Å². The zero-order valence-corrected chi connectivity index (χ0v) is 12.1. The third kappa shape index (κ3) is 3.17. The van der Waals surface area contributed by atoms with Gasteiger partial charge >= 0.3 is 0 Å². The lowest BCUT2D eigenvalue weighted by molar-refractivity contribution is 0.0890. The van der Waals surface area contributed by atoms with Crippen molar-refractivity contribution in [3.8, 4) is 0 Å². The third-order valence-corrected chi connectivity index (χ3v) is 5.53. The van der Waals surface area contributed by atoms with Crippen molar-refractivity contribution in [2.75, 3.05) is 12.0 Å². The summed E-state index contributed by atoms with van der Waals surface area (Å²) >= 11 is 0. The van der Waals surface area contributed by atoms with Gasteiger partial charge in [-0.2, -0.15) is 0 Å². The number of hydrogen-bond donors (Lipinski definition) is 1. The predicted molar refractivity (Wildman–Crippen MR) is 75.7 cm³/mol. The number of benzene rings is 1. The Labute approximate surface area is 118 Å². The van der Waals surface area contributed by atoms with E-state index in [4.69, 9.17) is 5.73 Å². The van der Waals surface area contributed by atoms with Crippen LogP contribution < -0.4 is 5.73 Å². The normalized spacial score (nSPS) is 23.5. The van der Waals surface area contributed by atoms with E-state index >= 15 is 0 Å². The lowest BCUT2D eigenvalue weighted by atomic mass is 9.83. The lowest BCUT2D eigenvalue weighted by Crippen LogP contribution is -2.31. The quantitative estimate of drug-likeness (QED) is 0.685. The number of rotatable bonds is 3. The SMILES string of the molecule is CS(=O)(=O)C1CCCC(C(=O)c2ccc(N)c(F)c2)C1. The first-order valence-corrected chi connectivity index (χ1v) is 8.52. The van der Waals surface area contributed by atoms with Gasteiger partial charge in [0, 0.05) is 17.7 Å². The average Bonchev–Trinajstić information content (AvgIpc) is 2.40. The van der Waals surface area contributed by atoms with Crippen molar-refractivity contribution in [3.63, 3.8) is 0 Å². The van der Waals surface area contributed by atoms with Crippen LogP contribution in [0.1, 0.15) is 36.0 Å². The van der Waals surface area contributed by atoms with Gasteiger partial charge in [0.1, 0.15) is 15.7 Å². The molecule has 1 aliphatic rings. The Morgan fingerprint density at radius 3 is 2.65 bits per heavy atom. The fourth-order valence-electron chi connectivity index (χ4n) is 2.69. The number of ketones is 1. The first-order chi connectivity index (χ1) is 9.29. The van der Waals surface area contributed by atoms with E-state index in [-0.39, 0.29) is 23.0 Å². The van der Waals surface area contributed by atoms with Crippen LogP contribution in [0.25, 0.3) is 0 Å². The number of halogens is 1. The second-order valence-electron chi connectivity index (χ2n) is 5.42. The molecule has 6 heteroatoms. The number of hydrogen-bond acceptors (Lipinski definition) is 4. The van der Waals surface area contributed by atoms with Gasteiger partial charge in [-0.25, -0.2) is 12.8 Å². The molecule has 2 N–H and O–H groups in total. The molecule has 1 aromatic carbocycles. The largest absolute Gasteiger partial charge is 0.396 e. The minimum atomic E-state index is -3.14. The van der Waals surface area contributed by atoms with Gasteiger partial charge in [-0.1, -0.05) is 6.42 Å². The van der Waals surface area contributed by atoms with E-state index in [0.717, 1.165) is 6.07 Å². The molecule has 0 aliphatic heterocycles. The molecule has 4 nitrogen and oxygen atoms in total. The first kappa shape index (κ1) is 15.0. The van der Waals surface area contributed by atoms with Gasteiger partial charge in [-0.15, -0.1) is 0 Å². The standard InChI is InChI=1S/C14H18FNO3S/c1-20(18,19)11-4-2-3-9(7-11)14(17)10-5-6-13(16)12(15)8-10/h5-6,8-9,11H,2-4,7,16H2,1H3. The zero-order chi connectivity index (χ0) is 14.9. The third-order valence-electron chi connectivity index (χ3n) is 3.89. The van der Waals surface area contributed by atoms with Crippen molar-refractivity contribution < 1.29 is 17.6 Å². The Morgan fingerprint density at radius 1 is 1.35 bits per heavy atom. The molecule has 2 rings (SSSR count). The topological polar surface area (TPSA) is 77.2 Å². The molecule has 0 aromatic heterocycles. The molecule has 1 aliphatic carbocycles. The summed E-state index contributed by atoms with van der Waals surface area (Å²) in [5.41, 5.74) is 5.64. The van der Waals surface area contributed by atoms with Crippen molar-refractivity contribution >= 4 is 21.3 Å². The van der Waals surface area contributed by atoms with Crippen molar-refractivity contribution in [1.82, 2.24) is 0 Å². The molecule has 0 radical (unpaired) electrons. The van der Waals surface area contributed by atoms with Crippen molar-refractivity contribution in [3.05, 3.63) is 29.6 Å². The average molecular weight is 299 g/mol. The summed E-state index contributed by atoms with van der Waals surface area (Å²) in [5, 5.41) is -0.469. The van der Waals surface area contributed by atoms with E-state index in [0.29, 0.717) is 25.7 Å². The molecule has 110 valence electrons. The van der Waals surface area contributed by atoms with E-state index in [1.54, 1.807) is 0 Å². The molecule has 1 fully saturated rings. The number of carbonyl (C=O) groups excluding carboxylic acids is 1. The number of anilines is 1. The highest BCUT2D eigenvalue weighted by Gasteiger charge is 2.32. The number of Topliss-reactive ketones (excluding diaryl/α,β-unsaturated/α-hetero) is 1. The van der Waals surface area contributed by atoms with Crippen LogP contribution in [0.3, 0.4) is 0 Å². The molecule has 0 saturated heterocycles. The highest BCUT2D eigenvalue weighted by molar-refractivity contribution is 7.91. The molecule has 2 atom stereocenters. The van der Waals surface area contributed by atoms with Gasteiger partial charge in [0.25, 0.3) is 0 Å². The maximum atomic E-state index is 13.4. The summed E-state index contributed by atoms with van der Waals surface area (Å²) in [4.78, 5) is 12.3. The van der Waals surface area contributed by atoms with E-state index in [1.165, 1.54) is 18.4 Å². The first-order valence-electron chi connectivity index (χ1n) is 6.57. The Morgan fingerprint density at radius 2 is 2.05 bits per heavy atom. The van der Waals surface area contributed by atoms with E-state index in [1.807, 2.05) is 0 Å². The highest BCUT2D eigenvalue weighted by atomic mass is 32.2. The van der Waals surface area contributed by atoms with Crippen LogP contribution >= 0.6 is 0 Å². The molecular weight excluding hydrogens is 281 g/mol. The Kier molecular flexibility index (Phi) is 4.13. The summed E-state index contributed by atoms with van der Waals surface area (Å²) < 4.78 is 36.6. The molecule has 20 heavy (non-hydrogen) atoms. The summed E-state index contributed by atoms with van der Waals surface area (Å²) in [7, 11) is -3.14. The van der Waals surface area contributed by atoms with Crippen molar-refractivity contribution in [2.24, 2.45) is 5.92 Å². The van der Waals surface area contributed by atoms with Crippen molar-refractivity contribution in [1.29, 1.82) is 0 Å². The second kappa shape index (κ2) is 5.52. The molecular formula is C14H18FNO3S. The number of nitrogens with two attached hydrogens (primary N) is 1. The van der Waals surface area contributed by atoms with Crippen molar-refractivity contribution in [2.45, 2.75) is 30.9 Å².